The summed E-state index contributed by atoms with van der Waals surface area (Å²) >= 11 is 7.19. The van der Waals surface area contributed by atoms with Gasteiger partial charge in [0.25, 0.3) is 5.95 Å². The molecular weight excluding hydrogens is 474 g/mol. The molecule has 0 fully saturated rings. The number of carbonyl (C=O) groups is 1. The monoisotopic (exact) mass is 493 g/mol. The minimum Gasteiger partial charge on any atom is -0.457 e. The van der Waals surface area contributed by atoms with E-state index in [1.807, 2.05) is 54.6 Å². The molecule has 1 aromatic heterocycles. The molecule has 0 spiro atoms. The number of hydrogen-bond acceptors (Lipinski definition) is 8. The lowest BCUT2D eigenvalue weighted by atomic mass is 10.2. The van der Waals surface area contributed by atoms with Crippen LogP contribution in [0.2, 0.25) is 5.02 Å². The summed E-state index contributed by atoms with van der Waals surface area (Å²) < 4.78 is 7.05. The molecule has 0 aliphatic heterocycles. The van der Waals surface area contributed by atoms with E-state index in [9.17, 15) is 4.79 Å². The minimum atomic E-state index is -0.244. The van der Waals surface area contributed by atoms with Crippen molar-refractivity contribution in [3.8, 4) is 11.5 Å². The summed E-state index contributed by atoms with van der Waals surface area (Å²) in [6, 6.07) is 24.0. The summed E-state index contributed by atoms with van der Waals surface area (Å²) in [6.45, 7) is 0. The summed E-state index contributed by atoms with van der Waals surface area (Å²) in [5, 5.41) is 15.7. The molecule has 0 saturated carbocycles. The fourth-order valence-corrected chi connectivity index (χ4v) is 3.62. The third kappa shape index (κ3) is 6.27. The zero-order valence-electron chi connectivity index (χ0n) is 17.8. The number of ether oxygens (including phenoxy) is 1. The molecule has 0 aliphatic rings. The molecule has 0 saturated heterocycles. The van der Waals surface area contributed by atoms with Gasteiger partial charge in [0.05, 0.1) is 22.7 Å². The highest BCUT2D eigenvalue weighted by atomic mass is 35.5. The van der Waals surface area contributed by atoms with Crippen molar-refractivity contribution in [2.24, 2.45) is 5.10 Å². The number of carbonyl (C=O) groups excluding carboxylic acids is 1. The number of anilines is 2. The van der Waals surface area contributed by atoms with Crippen molar-refractivity contribution in [3.05, 3.63) is 89.4 Å². The molecule has 0 bridgehead atoms. The van der Waals surface area contributed by atoms with E-state index in [1.165, 1.54) is 4.68 Å². The van der Waals surface area contributed by atoms with Gasteiger partial charge in [-0.1, -0.05) is 65.8 Å². The number of amides is 1. The van der Waals surface area contributed by atoms with Crippen LogP contribution in [0, 0.1) is 0 Å². The van der Waals surface area contributed by atoms with Crippen LogP contribution >= 0.6 is 23.4 Å². The maximum absolute atomic E-state index is 12.2. The second-order valence-electron chi connectivity index (χ2n) is 6.85. The number of nitrogens with one attached hydrogen (secondary N) is 2. The van der Waals surface area contributed by atoms with Crippen LogP contribution in [-0.4, -0.2) is 32.7 Å². The molecule has 4 rings (SSSR count). The first-order valence-electron chi connectivity index (χ1n) is 10.1. The standard InChI is InChI=1S/C23H20ClN7O2S/c24-19-11-4-5-12-20(19)27-21(32)15-34-23-30-29-22(31(23)25)28-26-14-16-7-6-10-18(13-16)33-17-8-2-1-3-9-17/h1-14H,15,25H2,(H,27,32)(H,28,29)/b26-14+. The van der Waals surface area contributed by atoms with Gasteiger partial charge in [-0.15, -0.1) is 10.2 Å². The average Bonchev–Trinajstić information content (AvgIpc) is 3.19. The number of hydrazone groups is 1. The Morgan fingerprint density at radius 1 is 1.06 bits per heavy atom. The number of thioether (sulfide) groups is 1. The van der Waals surface area contributed by atoms with Crippen molar-refractivity contribution in [2.75, 3.05) is 22.3 Å². The van der Waals surface area contributed by atoms with Gasteiger partial charge in [-0.25, -0.2) is 10.1 Å². The Morgan fingerprint density at radius 3 is 2.65 bits per heavy atom. The quantitative estimate of drug-likeness (QED) is 0.135. The Balaban J connectivity index is 1.31. The molecule has 1 amide bonds. The Kier molecular flexibility index (Phi) is 7.63. The summed E-state index contributed by atoms with van der Waals surface area (Å²) in [7, 11) is 0. The molecule has 0 aliphatic carbocycles. The van der Waals surface area contributed by atoms with Crippen LogP contribution < -0.4 is 21.3 Å². The van der Waals surface area contributed by atoms with E-state index in [0.717, 1.165) is 23.1 Å². The van der Waals surface area contributed by atoms with Crippen molar-refractivity contribution in [1.29, 1.82) is 0 Å². The van der Waals surface area contributed by atoms with E-state index in [0.29, 0.717) is 21.6 Å². The highest BCUT2D eigenvalue weighted by Crippen LogP contribution is 2.23. The number of nitrogens with two attached hydrogens (primary N) is 1. The van der Waals surface area contributed by atoms with Crippen molar-refractivity contribution in [3.63, 3.8) is 0 Å². The van der Waals surface area contributed by atoms with Gasteiger partial charge in [0.15, 0.2) is 0 Å². The molecule has 1 heterocycles. The van der Waals surface area contributed by atoms with Gasteiger partial charge in [0, 0.05) is 0 Å². The third-order valence-electron chi connectivity index (χ3n) is 4.36. The topological polar surface area (TPSA) is 119 Å². The summed E-state index contributed by atoms with van der Waals surface area (Å²) in [5.74, 6) is 7.51. The molecule has 172 valence electrons. The minimum absolute atomic E-state index is 0.0814. The Hall–Kier alpha value is -4.02. The second kappa shape index (κ2) is 11.2. The number of nitrogens with zero attached hydrogens (tertiary/aromatic N) is 4. The van der Waals surface area contributed by atoms with Gasteiger partial charge in [-0.05, 0) is 42.0 Å². The predicted octanol–water partition coefficient (Wildman–Crippen LogP) is 4.61. The van der Waals surface area contributed by atoms with E-state index in [1.54, 1.807) is 30.5 Å². The number of para-hydroxylation sites is 2. The van der Waals surface area contributed by atoms with Gasteiger partial charge in [-0.3, -0.25) is 4.79 Å². The van der Waals surface area contributed by atoms with E-state index in [4.69, 9.17) is 22.2 Å². The highest BCUT2D eigenvalue weighted by molar-refractivity contribution is 7.99. The van der Waals surface area contributed by atoms with Crippen LogP contribution in [0.15, 0.2) is 89.1 Å². The number of rotatable bonds is 9. The van der Waals surface area contributed by atoms with E-state index < -0.39 is 0 Å². The van der Waals surface area contributed by atoms with Crippen LogP contribution in [0.4, 0.5) is 11.6 Å². The lowest BCUT2D eigenvalue weighted by Crippen LogP contribution is -2.17. The van der Waals surface area contributed by atoms with Gasteiger partial charge >= 0.3 is 0 Å². The highest BCUT2D eigenvalue weighted by Gasteiger charge is 2.12. The number of benzene rings is 3. The first-order valence-corrected chi connectivity index (χ1v) is 11.4. The molecule has 9 nitrogen and oxygen atoms in total. The maximum Gasteiger partial charge on any atom is 0.264 e. The SMILES string of the molecule is Nn1c(N/N=C/c2cccc(Oc3ccccc3)c2)nnc1SCC(=O)Nc1ccccc1Cl. The zero-order valence-corrected chi connectivity index (χ0v) is 19.3. The predicted molar refractivity (Wildman–Crippen MR) is 135 cm³/mol. The lowest BCUT2D eigenvalue weighted by molar-refractivity contribution is -0.113. The summed E-state index contributed by atoms with van der Waals surface area (Å²) in [4.78, 5) is 12.2. The average molecular weight is 494 g/mol. The van der Waals surface area contributed by atoms with Crippen LogP contribution in [0.3, 0.4) is 0 Å². The molecular formula is C23H20ClN7O2S. The van der Waals surface area contributed by atoms with Gasteiger partial charge in [0.2, 0.25) is 11.1 Å². The second-order valence-corrected chi connectivity index (χ2v) is 8.20. The lowest BCUT2D eigenvalue weighted by Gasteiger charge is -2.06. The molecule has 34 heavy (non-hydrogen) atoms. The van der Waals surface area contributed by atoms with E-state index in [-0.39, 0.29) is 17.6 Å². The third-order valence-corrected chi connectivity index (χ3v) is 5.63. The molecule has 0 radical (unpaired) electrons. The molecule has 3 aromatic carbocycles. The van der Waals surface area contributed by atoms with Crippen molar-refractivity contribution in [1.82, 2.24) is 14.9 Å². The van der Waals surface area contributed by atoms with Gasteiger partial charge in [-0.2, -0.15) is 5.10 Å². The number of halogens is 1. The molecule has 4 N–H and O–H groups in total. The van der Waals surface area contributed by atoms with E-state index in [2.05, 4.69) is 26.0 Å². The Labute approximate surface area is 205 Å². The Morgan fingerprint density at radius 2 is 1.82 bits per heavy atom. The largest absolute Gasteiger partial charge is 0.457 e. The van der Waals surface area contributed by atoms with E-state index >= 15 is 0 Å². The first kappa shape index (κ1) is 23.1. The molecule has 4 aromatic rings. The molecule has 0 atom stereocenters. The van der Waals surface area contributed by atoms with Crippen molar-refractivity contribution < 1.29 is 9.53 Å². The first-order chi connectivity index (χ1) is 16.6. The van der Waals surface area contributed by atoms with Crippen LogP contribution in [0.5, 0.6) is 11.5 Å². The number of aromatic nitrogens is 3. The fraction of sp³-hybridized carbons (Fsp3) is 0.0435. The number of hydrogen-bond donors (Lipinski definition) is 3. The van der Waals surface area contributed by atoms with Crippen LogP contribution in [0.25, 0.3) is 0 Å². The summed E-state index contributed by atoms with van der Waals surface area (Å²) in [6.07, 6.45) is 1.61. The van der Waals surface area contributed by atoms with Crippen LogP contribution in [0.1, 0.15) is 5.56 Å². The van der Waals surface area contributed by atoms with Gasteiger partial charge in [0.1, 0.15) is 11.5 Å². The van der Waals surface area contributed by atoms with Crippen molar-refractivity contribution >= 4 is 47.1 Å². The normalized spacial score (nSPS) is 10.9. The Bertz CT molecular complexity index is 1300. The fourth-order valence-electron chi connectivity index (χ4n) is 2.78. The van der Waals surface area contributed by atoms with Crippen LogP contribution in [-0.2, 0) is 4.79 Å². The maximum atomic E-state index is 12.2. The smallest absolute Gasteiger partial charge is 0.264 e. The van der Waals surface area contributed by atoms with Gasteiger partial charge < -0.3 is 15.9 Å². The molecule has 0 unspecified atom stereocenters. The molecule has 11 heteroatoms. The summed E-state index contributed by atoms with van der Waals surface area (Å²) in [5.41, 5.74) is 4.10. The van der Waals surface area contributed by atoms with Crippen molar-refractivity contribution in [2.45, 2.75) is 5.16 Å². The zero-order chi connectivity index (χ0) is 23.8. The number of nitrogen functional groups attached to an aromatic ring is 1.